The van der Waals surface area contributed by atoms with E-state index in [0.29, 0.717) is 17.1 Å². The molecule has 4 nitrogen and oxygen atoms in total. The summed E-state index contributed by atoms with van der Waals surface area (Å²) in [4.78, 5) is 0.189. The molecule has 1 N–H and O–H groups in total. The first-order valence-corrected chi connectivity index (χ1v) is 8.91. The molecule has 2 aromatic carbocycles. The van der Waals surface area contributed by atoms with Crippen molar-refractivity contribution >= 4 is 25.8 Å². The number of hydrogen-bond donors (Lipinski definition) is 1. The molecule has 0 spiro atoms. The monoisotopic (exact) mass is 370 g/mol. The van der Waals surface area contributed by atoms with E-state index in [4.69, 9.17) is 4.74 Å². The van der Waals surface area contributed by atoms with E-state index in [1.54, 1.807) is 31.2 Å². The molecule has 6 heteroatoms. The number of halogens is 1. The Morgan fingerprint density at radius 1 is 1.19 bits per heavy atom. The van der Waals surface area contributed by atoms with Crippen molar-refractivity contribution in [2.24, 2.45) is 0 Å². The Bertz CT molecular complexity index is 754. The number of ether oxygens (including phenoxy) is 1. The summed E-state index contributed by atoms with van der Waals surface area (Å²) in [6.45, 7) is 1.64. The van der Waals surface area contributed by atoms with E-state index in [0.717, 1.165) is 10.7 Å². The predicted octanol–water partition coefficient (Wildman–Crippen LogP) is 3.70. The minimum atomic E-state index is -3.29. The fourth-order valence-electron chi connectivity index (χ4n) is 1.84. The van der Waals surface area contributed by atoms with Crippen LogP contribution < -0.4 is 4.74 Å². The molecule has 0 aromatic heterocycles. The second kappa shape index (κ2) is 6.17. The van der Waals surface area contributed by atoms with Crippen LogP contribution in [0.25, 0.3) is 0 Å². The van der Waals surface area contributed by atoms with Crippen molar-refractivity contribution in [3.63, 3.8) is 0 Å². The summed E-state index contributed by atoms with van der Waals surface area (Å²) in [5.74, 6) is 0.878. The standard InChI is InChI=1S/C15H15BrO4S/c1-10(17)14-7-6-11(16)8-15(14)20-12-4-3-5-13(9-12)21(2,18)19/h3-10,17H,1-2H3. The minimum Gasteiger partial charge on any atom is -0.457 e. The Kier molecular flexibility index (Phi) is 4.70. The van der Waals surface area contributed by atoms with Gasteiger partial charge in [-0.1, -0.05) is 28.1 Å². The molecule has 0 radical (unpaired) electrons. The van der Waals surface area contributed by atoms with Gasteiger partial charge in [0, 0.05) is 16.3 Å². The maximum Gasteiger partial charge on any atom is 0.175 e. The quantitative estimate of drug-likeness (QED) is 0.890. The van der Waals surface area contributed by atoms with Gasteiger partial charge in [-0.05, 0) is 37.3 Å². The first-order valence-electron chi connectivity index (χ1n) is 6.23. The normalized spacial score (nSPS) is 13.0. The van der Waals surface area contributed by atoms with Crippen LogP contribution >= 0.6 is 15.9 Å². The molecule has 112 valence electrons. The Morgan fingerprint density at radius 3 is 2.52 bits per heavy atom. The summed E-state index contributed by atoms with van der Waals surface area (Å²) in [6, 6.07) is 11.6. The Balaban J connectivity index is 2.41. The maximum atomic E-state index is 11.6. The van der Waals surface area contributed by atoms with Gasteiger partial charge >= 0.3 is 0 Å². The topological polar surface area (TPSA) is 63.6 Å². The summed E-state index contributed by atoms with van der Waals surface area (Å²) in [5, 5.41) is 9.77. The average Bonchev–Trinajstić information content (AvgIpc) is 2.37. The van der Waals surface area contributed by atoms with Crippen molar-refractivity contribution in [1.29, 1.82) is 0 Å². The largest absolute Gasteiger partial charge is 0.457 e. The summed E-state index contributed by atoms with van der Waals surface area (Å²) in [7, 11) is -3.29. The molecule has 0 saturated carbocycles. The van der Waals surface area contributed by atoms with Crippen LogP contribution in [0.15, 0.2) is 51.8 Å². The zero-order chi connectivity index (χ0) is 15.6. The first-order chi connectivity index (χ1) is 9.77. The van der Waals surface area contributed by atoms with Crippen LogP contribution in [-0.4, -0.2) is 19.8 Å². The van der Waals surface area contributed by atoms with Gasteiger partial charge in [0.2, 0.25) is 0 Å². The molecule has 0 heterocycles. The number of rotatable bonds is 4. The highest BCUT2D eigenvalue weighted by molar-refractivity contribution is 9.10. The molecule has 1 unspecified atom stereocenters. The first kappa shape index (κ1) is 16.0. The fourth-order valence-corrected chi connectivity index (χ4v) is 2.83. The van der Waals surface area contributed by atoms with Gasteiger partial charge < -0.3 is 9.84 Å². The van der Waals surface area contributed by atoms with Gasteiger partial charge in [-0.2, -0.15) is 0 Å². The molecule has 1 atom stereocenters. The van der Waals surface area contributed by atoms with Crippen LogP contribution in [0.4, 0.5) is 0 Å². The van der Waals surface area contributed by atoms with Crippen LogP contribution in [0.1, 0.15) is 18.6 Å². The van der Waals surface area contributed by atoms with E-state index in [9.17, 15) is 13.5 Å². The lowest BCUT2D eigenvalue weighted by Gasteiger charge is -2.14. The van der Waals surface area contributed by atoms with Crippen molar-refractivity contribution < 1.29 is 18.3 Å². The maximum absolute atomic E-state index is 11.6. The van der Waals surface area contributed by atoms with Gasteiger partial charge in [-0.25, -0.2) is 8.42 Å². The van der Waals surface area contributed by atoms with Gasteiger partial charge in [0.1, 0.15) is 11.5 Å². The van der Waals surface area contributed by atoms with Crippen LogP contribution in [0, 0.1) is 0 Å². The third-order valence-corrected chi connectivity index (χ3v) is 4.49. The SMILES string of the molecule is CC(O)c1ccc(Br)cc1Oc1cccc(S(C)(=O)=O)c1. The lowest BCUT2D eigenvalue weighted by atomic mass is 10.1. The molecule has 21 heavy (non-hydrogen) atoms. The zero-order valence-electron chi connectivity index (χ0n) is 11.6. The van der Waals surface area contributed by atoms with E-state index in [1.807, 2.05) is 6.07 Å². The lowest BCUT2D eigenvalue weighted by molar-refractivity contribution is 0.195. The number of sulfone groups is 1. The van der Waals surface area contributed by atoms with Crippen molar-refractivity contribution in [1.82, 2.24) is 0 Å². The summed E-state index contributed by atoms with van der Waals surface area (Å²) < 4.78 is 29.7. The van der Waals surface area contributed by atoms with Gasteiger partial charge in [0.05, 0.1) is 11.0 Å². The van der Waals surface area contributed by atoms with E-state index >= 15 is 0 Å². The number of hydrogen-bond acceptors (Lipinski definition) is 4. The molecular weight excluding hydrogens is 356 g/mol. The van der Waals surface area contributed by atoms with Gasteiger partial charge in [0.25, 0.3) is 0 Å². The second-order valence-electron chi connectivity index (χ2n) is 4.71. The van der Waals surface area contributed by atoms with Crippen LogP contribution in [0.5, 0.6) is 11.5 Å². The van der Waals surface area contributed by atoms with Gasteiger partial charge in [0.15, 0.2) is 9.84 Å². The van der Waals surface area contributed by atoms with E-state index in [-0.39, 0.29) is 4.90 Å². The molecule has 0 saturated heterocycles. The van der Waals surface area contributed by atoms with Crippen molar-refractivity contribution in [3.05, 3.63) is 52.5 Å². The zero-order valence-corrected chi connectivity index (χ0v) is 14.0. The molecule has 0 bridgehead atoms. The average molecular weight is 371 g/mol. The molecule has 0 fully saturated rings. The van der Waals surface area contributed by atoms with E-state index in [2.05, 4.69) is 15.9 Å². The third kappa shape index (κ3) is 4.06. The highest BCUT2D eigenvalue weighted by Gasteiger charge is 2.12. The summed E-state index contributed by atoms with van der Waals surface area (Å²) in [5.41, 5.74) is 0.628. The van der Waals surface area contributed by atoms with Gasteiger partial charge in [-0.15, -0.1) is 0 Å². The summed E-state index contributed by atoms with van der Waals surface area (Å²) in [6.07, 6.45) is 0.457. The molecule has 2 rings (SSSR count). The molecule has 0 aliphatic carbocycles. The Labute approximate surface area is 132 Å². The number of aliphatic hydroxyl groups excluding tert-OH is 1. The predicted molar refractivity (Wildman–Crippen MR) is 84.4 cm³/mol. The second-order valence-corrected chi connectivity index (χ2v) is 7.64. The fraction of sp³-hybridized carbons (Fsp3) is 0.200. The highest BCUT2D eigenvalue weighted by Crippen LogP contribution is 2.33. The molecule has 0 amide bonds. The van der Waals surface area contributed by atoms with E-state index < -0.39 is 15.9 Å². The van der Waals surface area contributed by atoms with Crippen molar-refractivity contribution in [3.8, 4) is 11.5 Å². The smallest absolute Gasteiger partial charge is 0.175 e. The minimum absolute atomic E-state index is 0.189. The third-order valence-electron chi connectivity index (χ3n) is 2.89. The molecule has 2 aromatic rings. The lowest BCUT2D eigenvalue weighted by Crippen LogP contribution is -1.99. The van der Waals surface area contributed by atoms with Crippen LogP contribution in [0.3, 0.4) is 0 Å². The Hall–Kier alpha value is -1.37. The van der Waals surface area contributed by atoms with Crippen LogP contribution in [0.2, 0.25) is 0 Å². The summed E-state index contributed by atoms with van der Waals surface area (Å²) >= 11 is 3.35. The number of benzene rings is 2. The van der Waals surface area contributed by atoms with E-state index in [1.165, 1.54) is 12.1 Å². The highest BCUT2D eigenvalue weighted by atomic mass is 79.9. The Morgan fingerprint density at radius 2 is 1.90 bits per heavy atom. The molecule has 0 aliphatic rings. The molecule has 0 aliphatic heterocycles. The van der Waals surface area contributed by atoms with Crippen LogP contribution in [-0.2, 0) is 9.84 Å². The van der Waals surface area contributed by atoms with Crippen molar-refractivity contribution in [2.75, 3.05) is 6.26 Å². The van der Waals surface area contributed by atoms with Gasteiger partial charge in [-0.3, -0.25) is 0 Å². The molecular formula is C15H15BrO4S. The number of aliphatic hydroxyl groups is 1. The van der Waals surface area contributed by atoms with Crippen molar-refractivity contribution in [2.45, 2.75) is 17.9 Å².